The molecule has 0 saturated heterocycles. The summed E-state index contributed by atoms with van der Waals surface area (Å²) in [7, 11) is 0. The summed E-state index contributed by atoms with van der Waals surface area (Å²) in [6.45, 7) is 0. The van der Waals surface area contributed by atoms with E-state index in [-0.39, 0.29) is 10.3 Å². The molecule has 2 nitrogen and oxygen atoms in total. The van der Waals surface area contributed by atoms with Crippen LogP contribution in [0.4, 0.5) is 0 Å². The molecular weight excluding hydrogens is 331 g/mol. The topological polar surface area (TPSA) is 25.8 Å². The number of halogens is 2. The maximum atomic E-state index is 6.00. The van der Waals surface area contributed by atoms with E-state index in [4.69, 9.17) is 23.2 Å². The highest BCUT2D eigenvalue weighted by Crippen LogP contribution is 2.41. The lowest BCUT2D eigenvalue weighted by molar-refractivity contribution is 1.31. The van der Waals surface area contributed by atoms with E-state index >= 15 is 0 Å². The normalized spacial score (nSPS) is 11.5. The lowest BCUT2D eigenvalue weighted by Crippen LogP contribution is -1.84. The summed E-state index contributed by atoms with van der Waals surface area (Å²) in [6.07, 6.45) is 0. The fraction of sp³-hybridized carbons (Fsp3) is 0. The van der Waals surface area contributed by atoms with Crippen LogP contribution < -0.4 is 0 Å². The number of benzene rings is 1. The molecule has 0 aliphatic rings. The van der Waals surface area contributed by atoms with Gasteiger partial charge in [-0.15, -0.1) is 22.7 Å². The molecule has 98 valence electrons. The number of hydrogen-bond acceptors (Lipinski definition) is 4. The SMILES string of the molecule is Clc1nc2csc(-c3scc4ccccc34)c2nc1Cl. The van der Waals surface area contributed by atoms with Gasteiger partial charge in [0.1, 0.15) is 11.0 Å². The van der Waals surface area contributed by atoms with Gasteiger partial charge in [0, 0.05) is 10.8 Å². The Kier molecular flexibility index (Phi) is 2.93. The number of thiophene rings is 2. The van der Waals surface area contributed by atoms with Crippen LogP contribution in [0.1, 0.15) is 0 Å². The van der Waals surface area contributed by atoms with Crippen LogP contribution >= 0.6 is 45.9 Å². The first-order valence-corrected chi connectivity index (χ1v) is 8.32. The molecule has 0 fully saturated rings. The maximum Gasteiger partial charge on any atom is 0.167 e. The number of aromatic nitrogens is 2. The zero-order valence-electron chi connectivity index (χ0n) is 9.93. The van der Waals surface area contributed by atoms with Crippen LogP contribution in [0.15, 0.2) is 35.0 Å². The van der Waals surface area contributed by atoms with Crippen LogP contribution in [0.5, 0.6) is 0 Å². The number of nitrogens with zero attached hydrogens (tertiary/aromatic N) is 2. The van der Waals surface area contributed by atoms with E-state index in [1.165, 1.54) is 15.6 Å². The predicted molar refractivity (Wildman–Crippen MR) is 88.3 cm³/mol. The summed E-state index contributed by atoms with van der Waals surface area (Å²) >= 11 is 15.3. The maximum absolute atomic E-state index is 6.00. The molecule has 0 aliphatic heterocycles. The first-order chi connectivity index (χ1) is 9.74. The Labute approximate surface area is 132 Å². The van der Waals surface area contributed by atoms with Gasteiger partial charge in [-0.2, -0.15) is 0 Å². The Morgan fingerprint density at radius 1 is 0.850 bits per heavy atom. The standard InChI is InChI=1S/C14H6Cl2N2S2/c15-13-14(16)18-10-9(17-13)6-20-12(10)11-8-4-2-1-3-7(8)5-19-11/h1-6H. The van der Waals surface area contributed by atoms with Crippen molar-refractivity contribution in [3.05, 3.63) is 45.3 Å². The van der Waals surface area contributed by atoms with Gasteiger partial charge < -0.3 is 0 Å². The molecule has 4 aromatic rings. The van der Waals surface area contributed by atoms with Crippen LogP contribution in [-0.4, -0.2) is 9.97 Å². The molecule has 0 N–H and O–H groups in total. The minimum Gasteiger partial charge on any atom is -0.230 e. The second-order valence-corrected chi connectivity index (χ2v) is 6.73. The van der Waals surface area contributed by atoms with Crippen molar-refractivity contribution in [3.63, 3.8) is 0 Å². The summed E-state index contributed by atoms with van der Waals surface area (Å²) in [6, 6.07) is 8.32. The second-order valence-electron chi connectivity index (χ2n) is 4.26. The van der Waals surface area contributed by atoms with Gasteiger partial charge in [-0.1, -0.05) is 47.5 Å². The summed E-state index contributed by atoms with van der Waals surface area (Å²) in [5.74, 6) is 0. The molecule has 0 saturated carbocycles. The molecule has 0 aliphatic carbocycles. The van der Waals surface area contributed by atoms with Gasteiger partial charge in [-0.05, 0) is 10.8 Å². The monoisotopic (exact) mass is 336 g/mol. The lowest BCUT2D eigenvalue weighted by atomic mass is 10.1. The fourth-order valence-corrected chi connectivity index (χ4v) is 4.54. The van der Waals surface area contributed by atoms with Gasteiger partial charge in [0.2, 0.25) is 0 Å². The van der Waals surface area contributed by atoms with Gasteiger partial charge in [0.05, 0.1) is 9.75 Å². The first-order valence-electron chi connectivity index (χ1n) is 5.81. The summed E-state index contributed by atoms with van der Waals surface area (Å²) in [5.41, 5.74) is 1.61. The van der Waals surface area contributed by atoms with E-state index in [0.717, 1.165) is 15.9 Å². The molecule has 20 heavy (non-hydrogen) atoms. The Hall–Kier alpha value is -1.20. The highest BCUT2D eigenvalue weighted by molar-refractivity contribution is 7.22. The molecule has 6 heteroatoms. The van der Waals surface area contributed by atoms with E-state index in [9.17, 15) is 0 Å². The second kappa shape index (κ2) is 4.67. The van der Waals surface area contributed by atoms with Crippen molar-refractivity contribution in [2.75, 3.05) is 0 Å². The van der Waals surface area contributed by atoms with Gasteiger partial charge in [0.25, 0.3) is 0 Å². The third-order valence-electron chi connectivity index (χ3n) is 3.06. The fourth-order valence-electron chi connectivity index (χ4n) is 2.16. The van der Waals surface area contributed by atoms with Crippen molar-refractivity contribution < 1.29 is 0 Å². The van der Waals surface area contributed by atoms with Crippen molar-refractivity contribution in [3.8, 4) is 9.75 Å². The van der Waals surface area contributed by atoms with Crippen LogP contribution in [0.2, 0.25) is 10.3 Å². The molecule has 0 spiro atoms. The minimum absolute atomic E-state index is 0.250. The van der Waals surface area contributed by atoms with Crippen molar-refractivity contribution in [2.45, 2.75) is 0 Å². The molecule has 3 heterocycles. The molecule has 0 atom stereocenters. The van der Waals surface area contributed by atoms with Crippen molar-refractivity contribution in [2.24, 2.45) is 0 Å². The molecule has 4 rings (SSSR count). The summed E-state index contributed by atoms with van der Waals surface area (Å²) < 4.78 is 0. The van der Waals surface area contributed by atoms with E-state index < -0.39 is 0 Å². The third-order valence-corrected chi connectivity index (χ3v) is 5.82. The van der Waals surface area contributed by atoms with Crippen molar-refractivity contribution >= 4 is 67.7 Å². The van der Waals surface area contributed by atoms with Gasteiger partial charge in [-0.3, -0.25) is 0 Å². The largest absolute Gasteiger partial charge is 0.230 e. The van der Waals surface area contributed by atoms with Gasteiger partial charge >= 0.3 is 0 Å². The molecule has 0 unspecified atom stereocenters. The Morgan fingerprint density at radius 2 is 1.60 bits per heavy atom. The highest BCUT2D eigenvalue weighted by atomic mass is 35.5. The van der Waals surface area contributed by atoms with Crippen molar-refractivity contribution in [1.29, 1.82) is 0 Å². The van der Waals surface area contributed by atoms with E-state index in [0.29, 0.717) is 0 Å². The van der Waals surface area contributed by atoms with E-state index in [1.807, 2.05) is 17.5 Å². The average Bonchev–Trinajstić information content (AvgIpc) is 3.03. The summed E-state index contributed by atoms with van der Waals surface area (Å²) in [5, 5.41) is 7.09. The van der Waals surface area contributed by atoms with E-state index in [1.54, 1.807) is 22.7 Å². The highest BCUT2D eigenvalue weighted by Gasteiger charge is 2.15. The predicted octanol–water partition coefficient (Wildman–Crippen LogP) is 5.88. The number of fused-ring (bicyclic) bond motifs is 2. The van der Waals surface area contributed by atoms with Crippen LogP contribution in [0.3, 0.4) is 0 Å². The number of hydrogen-bond donors (Lipinski definition) is 0. The molecular formula is C14H6Cl2N2S2. The van der Waals surface area contributed by atoms with Crippen LogP contribution in [0.25, 0.3) is 31.6 Å². The molecule has 0 bridgehead atoms. The third kappa shape index (κ3) is 1.84. The Balaban J connectivity index is 2.05. The van der Waals surface area contributed by atoms with Crippen LogP contribution in [-0.2, 0) is 0 Å². The molecule has 3 aromatic heterocycles. The molecule has 0 radical (unpaired) electrons. The summed E-state index contributed by atoms with van der Waals surface area (Å²) in [4.78, 5) is 11.0. The average molecular weight is 337 g/mol. The van der Waals surface area contributed by atoms with E-state index in [2.05, 4.69) is 27.5 Å². The molecule has 0 amide bonds. The van der Waals surface area contributed by atoms with Crippen molar-refractivity contribution in [1.82, 2.24) is 9.97 Å². The zero-order valence-corrected chi connectivity index (χ0v) is 13.1. The smallest absolute Gasteiger partial charge is 0.167 e. The first kappa shape index (κ1) is 12.5. The number of rotatable bonds is 1. The Morgan fingerprint density at radius 3 is 2.50 bits per heavy atom. The zero-order chi connectivity index (χ0) is 13.7. The van der Waals surface area contributed by atoms with Gasteiger partial charge in [0.15, 0.2) is 10.3 Å². The minimum atomic E-state index is 0.250. The quantitative estimate of drug-likeness (QED) is 0.433. The van der Waals surface area contributed by atoms with Gasteiger partial charge in [-0.25, -0.2) is 9.97 Å². The lowest BCUT2D eigenvalue weighted by Gasteiger charge is -1.98. The molecule has 1 aromatic carbocycles. The van der Waals surface area contributed by atoms with Crippen LogP contribution in [0, 0.1) is 0 Å². The Bertz CT molecular complexity index is 943.